The largest absolute Gasteiger partial charge is 0.480 e. The Morgan fingerprint density at radius 2 is 1.75 bits per heavy atom. The summed E-state index contributed by atoms with van der Waals surface area (Å²) in [7, 11) is 1.55. The van der Waals surface area contributed by atoms with E-state index in [0.717, 1.165) is 5.56 Å². The summed E-state index contributed by atoms with van der Waals surface area (Å²) in [4.78, 5) is 24.5. The lowest BCUT2D eigenvalue weighted by atomic mass is 10.1. The molecule has 1 atom stereocenters. The van der Waals surface area contributed by atoms with Gasteiger partial charge in [-0.2, -0.15) is 0 Å². The number of ether oxygens (including phenoxy) is 1. The van der Waals surface area contributed by atoms with Crippen LogP contribution in [0.2, 0.25) is 0 Å². The van der Waals surface area contributed by atoms with E-state index in [-0.39, 0.29) is 11.8 Å². The van der Waals surface area contributed by atoms with E-state index in [4.69, 9.17) is 4.74 Å². The number of para-hydroxylation sites is 2. The van der Waals surface area contributed by atoms with Gasteiger partial charge in [-0.15, -0.1) is 0 Å². The first-order valence-corrected chi connectivity index (χ1v) is 7.91. The van der Waals surface area contributed by atoms with Gasteiger partial charge in [-0.1, -0.05) is 37.3 Å². The van der Waals surface area contributed by atoms with Gasteiger partial charge < -0.3 is 15.4 Å². The van der Waals surface area contributed by atoms with E-state index in [1.807, 2.05) is 38.1 Å². The second-order valence-corrected chi connectivity index (χ2v) is 5.39. The van der Waals surface area contributed by atoms with Crippen molar-refractivity contribution in [2.24, 2.45) is 0 Å². The molecule has 5 heteroatoms. The van der Waals surface area contributed by atoms with E-state index >= 15 is 0 Å². The van der Waals surface area contributed by atoms with E-state index in [1.54, 1.807) is 31.3 Å². The molecular formula is C19H22N2O3. The minimum Gasteiger partial charge on any atom is -0.480 e. The molecule has 2 aromatic rings. The van der Waals surface area contributed by atoms with Crippen LogP contribution in [0.15, 0.2) is 48.5 Å². The lowest BCUT2D eigenvalue weighted by Crippen LogP contribution is -2.33. The first kappa shape index (κ1) is 17.5. The molecule has 0 radical (unpaired) electrons. The third-order valence-corrected chi connectivity index (χ3v) is 3.68. The van der Waals surface area contributed by atoms with Gasteiger partial charge in [0, 0.05) is 7.05 Å². The quantitative estimate of drug-likeness (QED) is 0.857. The molecule has 0 unspecified atom stereocenters. The van der Waals surface area contributed by atoms with Crippen LogP contribution in [0.3, 0.4) is 0 Å². The minimum absolute atomic E-state index is 0.251. The zero-order valence-electron chi connectivity index (χ0n) is 14.1. The van der Waals surface area contributed by atoms with Gasteiger partial charge in [-0.05, 0) is 37.1 Å². The maximum Gasteiger partial charge on any atom is 0.265 e. The third-order valence-electron chi connectivity index (χ3n) is 3.68. The molecule has 0 aliphatic heterocycles. The van der Waals surface area contributed by atoms with Crippen molar-refractivity contribution in [3.05, 3.63) is 59.7 Å². The number of hydrogen-bond donors (Lipinski definition) is 2. The Morgan fingerprint density at radius 3 is 2.42 bits per heavy atom. The van der Waals surface area contributed by atoms with Crippen LogP contribution in [0.1, 0.15) is 29.3 Å². The van der Waals surface area contributed by atoms with Crippen LogP contribution in [0.5, 0.6) is 5.75 Å². The van der Waals surface area contributed by atoms with Crippen LogP contribution in [-0.4, -0.2) is 25.0 Å². The van der Waals surface area contributed by atoms with Crippen LogP contribution in [0, 0.1) is 6.92 Å². The van der Waals surface area contributed by atoms with Gasteiger partial charge in [-0.3, -0.25) is 9.59 Å². The zero-order valence-corrected chi connectivity index (χ0v) is 14.1. The van der Waals surface area contributed by atoms with Crippen LogP contribution < -0.4 is 15.4 Å². The highest BCUT2D eigenvalue weighted by Gasteiger charge is 2.21. The first-order chi connectivity index (χ1) is 11.6. The summed E-state index contributed by atoms with van der Waals surface area (Å²) in [5.41, 5.74) is 1.85. The standard InChI is InChI=1S/C19H22N2O3/c1-4-16(24-17-12-8-5-9-13(17)2)19(23)21-15-11-7-6-10-14(15)18(22)20-3/h5-12,16H,4H2,1-3H3,(H,20,22)(H,21,23)/t16-/m1/s1. The average Bonchev–Trinajstić information content (AvgIpc) is 2.60. The van der Waals surface area contributed by atoms with E-state index < -0.39 is 6.10 Å². The lowest BCUT2D eigenvalue weighted by Gasteiger charge is -2.19. The van der Waals surface area contributed by atoms with Crippen molar-refractivity contribution in [2.45, 2.75) is 26.4 Å². The second-order valence-electron chi connectivity index (χ2n) is 5.39. The van der Waals surface area contributed by atoms with Gasteiger partial charge in [0.05, 0.1) is 11.3 Å². The number of carbonyl (C=O) groups excluding carboxylic acids is 2. The number of amides is 2. The van der Waals surface area contributed by atoms with E-state index in [0.29, 0.717) is 23.4 Å². The smallest absolute Gasteiger partial charge is 0.265 e. The van der Waals surface area contributed by atoms with Crippen LogP contribution in [0.25, 0.3) is 0 Å². The fraction of sp³-hybridized carbons (Fsp3) is 0.263. The van der Waals surface area contributed by atoms with Crippen LogP contribution in [0.4, 0.5) is 5.69 Å². The van der Waals surface area contributed by atoms with E-state index in [9.17, 15) is 9.59 Å². The van der Waals surface area contributed by atoms with Crippen molar-refractivity contribution in [2.75, 3.05) is 12.4 Å². The Bertz CT molecular complexity index is 728. The molecule has 2 rings (SSSR count). The molecule has 2 N–H and O–H groups in total. The first-order valence-electron chi connectivity index (χ1n) is 7.91. The fourth-order valence-electron chi connectivity index (χ4n) is 2.30. The number of aryl methyl sites for hydroxylation is 1. The fourth-order valence-corrected chi connectivity index (χ4v) is 2.30. The molecule has 0 spiro atoms. The van der Waals surface area contributed by atoms with Gasteiger partial charge >= 0.3 is 0 Å². The van der Waals surface area contributed by atoms with Gasteiger partial charge in [0.25, 0.3) is 11.8 Å². The summed E-state index contributed by atoms with van der Waals surface area (Å²) in [6.45, 7) is 3.81. The summed E-state index contributed by atoms with van der Waals surface area (Å²) in [5.74, 6) is 0.148. The second kappa shape index (κ2) is 8.15. The predicted octanol–water partition coefficient (Wildman–Crippen LogP) is 3.15. The predicted molar refractivity (Wildman–Crippen MR) is 94.3 cm³/mol. The maximum absolute atomic E-state index is 12.6. The normalized spacial score (nSPS) is 11.5. The third kappa shape index (κ3) is 4.13. The Hall–Kier alpha value is -2.82. The highest BCUT2D eigenvalue weighted by molar-refractivity contribution is 6.04. The molecule has 2 aromatic carbocycles. The number of hydrogen-bond acceptors (Lipinski definition) is 3. The number of rotatable bonds is 6. The van der Waals surface area contributed by atoms with Crippen molar-refractivity contribution in [3.8, 4) is 5.75 Å². The molecule has 0 saturated heterocycles. The average molecular weight is 326 g/mol. The molecule has 2 amide bonds. The summed E-state index contributed by atoms with van der Waals surface area (Å²) in [5, 5.41) is 5.36. The summed E-state index contributed by atoms with van der Waals surface area (Å²) >= 11 is 0. The zero-order chi connectivity index (χ0) is 17.5. The molecule has 0 saturated carbocycles. The van der Waals surface area contributed by atoms with Gasteiger partial charge in [0.15, 0.2) is 6.10 Å². The topological polar surface area (TPSA) is 67.4 Å². The number of carbonyl (C=O) groups is 2. The van der Waals surface area contributed by atoms with Gasteiger partial charge in [0.2, 0.25) is 0 Å². The van der Waals surface area contributed by atoms with Crippen molar-refractivity contribution < 1.29 is 14.3 Å². The Balaban J connectivity index is 2.16. The molecule has 0 aliphatic rings. The number of anilines is 1. The molecule has 5 nitrogen and oxygen atoms in total. The SMILES string of the molecule is CC[C@@H](Oc1ccccc1C)C(=O)Nc1ccccc1C(=O)NC. The molecule has 0 aromatic heterocycles. The summed E-state index contributed by atoms with van der Waals surface area (Å²) < 4.78 is 5.84. The van der Waals surface area contributed by atoms with Crippen molar-refractivity contribution in [3.63, 3.8) is 0 Å². The lowest BCUT2D eigenvalue weighted by molar-refractivity contribution is -0.122. The van der Waals surface area contributed by atoms with Crippen molar-refractivity contribution in [1.82, 2.24) is 5.32 Å². The van der Waals surface area contributed by atoms with Gasteiger partial charge in [0.1, 0.15) is 5.75 Å². The molecule has 0 heterocycles. The van der Waals surface area contributed by atoms with E-state index in [2.05, 4.69) is 10.6 Å². The number of benzene rings is 2. The Kier molecular flexibility index (Phi) is 5.95. The highest BCUT2D eigenvalue weighted by atomic mass is 16.5. The minimum atomic E-state index is -0.635. The molecule has 0 fully saturated rings. The molecular weight excluding hydrogens is 304 g/mol. The Labute approximate surface area is 142 Å². The summed E-state index contributed by atoms with van der Waals surface area (Å²) in [6, 6.07) is 14.4. The monoisotopic (exact) mass is 326 g/mol. The maximum atomic E-state index is 12.6. The van der Waals surface area contributed by atoms with Gasteiger partial charge in [-0.25, -0.2) is 0 Å². The number of nitrogens with one attached hydrogen (secondary N) is 2. The van der Waals surface area contributed by atoms with Crippen molar-refractivity contribution >= 4 is 17.5 Å². The summed E-state index contributed by atoms with van der Waals surface area (Å²) in [6.07, 6.45) is -0.119. The molecule has 126 valence electrons. The molecule has 0 bridgehead atoms. The van der Waals surface area contributed by atoms with Crippen LogP contribution in [-0.2, 0) is 4.79 Å². The Morgan fingerprint density at radius 1 is 1.08 bits per heavy atom. The molecule has 24 heavy (non-hydrogen) atoms. The van der Waals surface area contributed by atoms with Crippen LogP contribution >= 0.6 is 0 Å². The van der Waals surface area contributed by atoms with E-state index in [1.165, 1.54) is 0 Å². The van der Waals surface area contributed by atoms with Crippen molar-refractivity contribution in [1.29, 1.82) is 0 Å². The molecule has 0 aliphatic carbocycles. The highest BCUT2D eigenvalue weighted by Crippen LogP contribution is 2.20.